The number of para-hydroxylation sites is 1. The van der Waals surface area contributed by atoms with Gasteiger partial charge in [-0.2, -0.15) is 0 Å². The summed E-state index contributed by atoms with van der Waals surface area (Å²) >= 11 is 0. The lowest BCUT2D eigenvalue weighted by Gasteiger charge is -2.26. The quantitative estimate of drug-likeness (QED) is 0.413. The minimum Gasteiger partial charge on any atom is -0.379 e. The van der Waals surface area contributed by atoms with Gasteiger partial charge in [0, 0.05) is 37.0 Å². The molecule has 1 saturated heterocycles. The molecule has 0 aromatic heterocycles. The summed E-state index contributed by atoms with van der Waals surface area (Å²) < 4.78 is 5.31. The number of hydrogen-bond donors (Lipinski definition) is 2. The van der Waals surface area contributed by atoms with Gasteiger partial charge in [-0.3, -0.25) is 19.8 Å². The first kappa shape index (κ1) is 19.8. The van der Waals surface area contributed by atoms with Crippen LogP contribution in [0.2, 0.25) is 0 Å². The number of benzene rings is 2. The normalized spacial score (nSPS) is 14.4. The van der Waals surface area contributed by atoms with Crippen LogP contribution in [-0.4, -0.2) is 55.1 Å². The highest BCUT2D eigenvalue weighted by Gasteiger charge is 2.18. The molecule has 3 rings (SSSR count). The summed E-state index contributed by atoms with van der Waals surface area (Å²) in [5, 5.41) is 17.3. The van der Waals surface area contributed by atoms with Gasteiger partial charge in [-0.1, -0.05) is 18.2 Å². The highest BCUT2D eigenvalue weighted by atomic mass is 16.6. The number of nitrogens with one attached hydrogen (secondary N) is 2. The molecule has 8 heteroatoms. The largest absolute Gasteiger partial charge is 0.379 e. The standard InChI is InChI=1S/C20H24N4O4/c25-20(21-9-4-10-23-11-13-28-14-12-23)16-7-8-18(19(15-16)24(26)27)22-17-5-2-1-3-6-17/h1-3,5-8,15,22H,4,9-14H2,(H,21,25). The van der Waals surface area contributed by atoms with Gasteiger partial charge in [-0.05, 0) is 37.2 Å². The number of ether oxygens (including phenoxy) is 1. The molecular weight excluding hydrogens is 360 g/mol. The molecule has 2 aromatic carbocycles. The molecule has 148 valence electrons. The fourth-order valence-electron chi connectivity index (χ4n) is 3.04. The van der Waals surface area contributed by atoms with E-state index in [9.17, 15) is 14.9 Å². The minimum atomic E-state index is -0.486. The van der Waals surface area contributed by atoms with Crippen LogP contribution in [0.3, 0.4) is 0 Å². The third-order valence-corrected chi connectivity index (χ3v) is 4.55. The van der Waals surface area contributed by atoms with Crippen LogP contribution < -0.4 is 10.6 Å². The zero-order valence-electron chi connectivity index (χ0n) is 15.6. The lowest BCUT2D eigenvalue weighted by Crippen LogP contribution is -2.38. The van der Waals surface area contributed by atoms with Gasteiger partial charge in [-0.25, -0.2) is 0 Å². The molecule has 1 aliphatic heterocycles. The van der Waals surface area contributed by atoms with Gasteiger partial charge in [0.25, 0.3) is 11.6 Å². The van der Waals surface area contributed by atoms with Crippen molar-refractivity contribution in [1.82, 2.24) is 10.2 Å². The molecule has 0 spiro atoms. The Morgan fingerprint density at radius 2 is 1.89 bits per heavy atom. The van der Waals surface area contributed by atoms with Crippen LogP contribution >= 0.6 is 0 Å². The Labute approximate surface area is 163 Å². The van der Waals surface area contributed by atoms with Gasteiger partial charge in [0.1, 0.15) is 5.69 Å². The summed E-state index contributed by atoms with van der Waals surface area (Å²) in [5.74, 6) is -0.309. The number of rotatable bonds is 8. The van der Waals surface area contributed by atoms with Gasteiger partial charge < -0.3 is 15.4 Å². The monoisotopic (exact) mass is 384 g/mol. The molecule has 2 N–H and O–H groups in total. The van der Waals surface area contributed by atoms with Crippen LogP contribution in [0.5, 0.6) is 0 Å². The Hall–Kier alpha value is -2.97. The average Bonchev–Trinajstić information content (AvgIpc) is 2.72. The first-order valence-electron chi connectivity index (χ1n) is 9.32. The number of anilines is 2. The van der Waals surface area contributed by atoms with Gasteiger partial charge in [0.15, 0.2) is 0 Å². The molecule has 0 radical (unpaired) electrons. The predicted molar refractivity (Wildman–Crippen MR) is 107 cm³/mol. The van der Waals surface area contributed by atoms with Gasteiger partial charge in [0.05, 0.1) is 18.1 Å². The van der Waals surface area contributed by atoms with Crippen molar-refractivity contribution in [2.45, 2.75) is 6.42 Å². The number of nitro benzene ring substituents is 1. The topological polar surface area (TPSA) is 96.7 Å². The van der Waals surface area contributed by atoms with E-state index in [4.69, 9.17) is 4.74 Å². The first-order valence-corrected chi connectivity index (χ1v) is 9.32. The van der Waals surface area contributed by atoms with Crippen LogP contribution in [0.1, 0.15) is 16.8 Å². The number of nitro groups is 1. The molecule has 1 fully saturated rings. The maximum absolute atomic E-state index is 12.4. The second-order valence-electron chi connectivity index (χ2n) is 6.54. The van der Waals surface area contributed by atoms with Crippen LogP contribution in [-0.2, 0) is 4.74 Å². The number of hydrogen-bond acceptors (Lipinski definition) is 6. The smallest absolute Gasteiger partial charge is 0.293 e. The van der Waals surface area contributed by atoms with Crippen molar-refractivity contribution in [3.8, 4) is 0 Å². The van der Waals surface area contributed by atoms with Crippen LogP contribution in [0, 0.1) is 10.1 Å². The van der Waals surface area contributed by atoms with E-state index in [1.54, 1.807) is 12.1 Å². The number of carbonyl (C=O) groups excluding carboxylic acids is 1. The number of amides is 1. The molecule has 0 atom stereocenters. The van der Waals surface area contributed by atoms with Crippen LogP contribution in [0.25, 0.3) is 0 Å². The lowest BCUT2D eigenvalue weighted by molar-refractivity contribution is -0.383. The molecule has 2 aromatic rings. The average molecular weight is 384 g/mol. The summed E-state index contributed by atoms with van der Waals surface area (Å²) in [6.07, 6.45) is 0.821. The molecule has 0 saturated carbocycles. The van der Waals surface area contributed by atoms with E-state index in [0.717, 1.165) is 45.0 Å². The van der Waals surface area contributed by atoms with Crippen molar-refractivity contribution < 1.29 is 14.5 Å². The number of carbonyl (C=O) groups is 1. The summed E-state index contributed by atoms with van der Waals surface area (Å²) in [4.78, 5) is 25.6. The van der Waals surface area contributed by atoms with Crippen molar-refractivity contribution in [1.29, 1.82) is 0 Å². The van der Waals surface area contributed by atoms with E-state index in [1.807, 2.05) is 30.3 Å². The van der Waals surface area contributed by atoms with Gasteiger partial charge in [-0.15, -0.1) is 0 Å². The Bertz CT molecular complexity index is 807. The van der Waals surface area contributed by atoms with Crippen LogP contribution in [0.15, 0.2) is 48.5 Å². The van der Waals surface area contributed by atoms with E-state index >= 15 is 0 Å². The van der Waals surface area contributed by atoms with E-state index in [-0.39, 0.29) is 17.2 Å². The molecule has 0 bridgehead atoms. The van der Waals surface area contributed by atoms with E-state index in [1.165, 1.54) is 6.07 Å². The second kappa shape index (κ2) is 9.82. The summed E-state index contributed by atoms with van der Waals surface area (Å²) in [6.45, 7) is 4.74. The fraction of sp³-hybridized carbons (Fsp3) is 0.350. The Morgan fingerprint density at radius 1 is 1.14 bits per heavy atom. The van der Waals surface area contributed by atoms with Crippen molar-refractivity contribution in [2.75, 3.05) is 44.7 Å². The van der Waals surface area contributed by atoms with Gasteiger partial charge >= 0.3 is 0 Å². The first-order chi connectivity index (χ1) is 13.6. The molecule has 0 unspecified atom stereocenters. The zero-order chi connectivity index (χ0) is 19.8. The van der Waals surface area contributed by atoms with Crippen molar-refractivity contribution in [2.24, 2.45) is 0 Å². The van der Waals surface area contributed by atoms with Gasteiger partial charge in [0.2, 0.25) is 0 Å². The Morgan fingerprint density at radius 3 is 2.61 bits per heavy atom. The summed E-state index contributed by atoms with van der Waals surface area (Å²) in [5.41, 5.74) is 1.23. The lowest BCUT2D eigenvalue weighted by atomic mass is 10.1. The number of morpholine rings is 1. The third kappa shape index (κ3) is 5.51. The Balaban J connectivity index is 1.57. The van der Waals surface area contributed by atoms with Crippen molar-refractivity contribution >= 4 is 23.0 Å². The molecule has 1 amide bonds. The zero-order valence-corrected chi connectivity index (χ0v) is 15.6. The summed E-state index contributed by atoms with van der Waals surface area (Å²) in [7, 11) is 0. The van der Waals surface area contributed by atoms with E-state index in [0.29, 0.717) is 12.2 Å². The molecule has 0 aliphatic carbocycles. The minimum absolute atomic E-state index is 0.134. The molecule has 1 heterocycles. The Kier molecular flexibility index (Phi) is 6.94. The van der Waals surface area contributed by atoms with E-state index in [2.05, 4.69) is 15.5 Å². The maximum Gasteiger partial charge on any atom is 0.293 e. The highest BCUT2D eigenvalue weighted by molar-refractivity contribution is 5.95. The molecular formula is C20H24N4O4. The molecule has 1 aliphatic rings. The number of nitrogens with zero attached hydrogens (tertiary/aromatic N) is 2. The highest BCUT2D eigenvalue weighted by Crippen LogP contribution is 2.28. The predicted octanol–water partition coefficient (Wildman–Crippen LogP) is 2.79. The third-order valence-electron chi connectivity index (χ3n) is 4.55. The molecule has 8 nitrogen and oxygen atoms in total. The fourth-order valence-corrected chi connectivity index (χ4v) is 3.04. The molecule has 28 heavy (non-hydrogen) atoms. The van der Waals surface area contributed by atoms with Crippen LogP contribution in [0.4, 0.5) is 17.1 Å². The van der Waals surface area contributed by atoms with Crippen molar-refractivity contribution in [3.05, 3.63) is 64.2 Å². The van der Waals surface area contributed by atoms with E-state index < -0.39 is 4.92 Å². The SMILES string of the molecule is O=C(NCCCN1CCOCC1)c1ccc(Nc2ccccc2)c([N+](=O)[O-])c1. The maximum atomic E-state index is 12.4. The second-order valence-corrected chi connectivity index (χ2v) is 6.54. The summed E-state index contributed by atoms with van der Waals surface area (Å²) in [6, 6.07) is 13.6. The van der Waals surface area contributed by atoms with Crippen molar-refractivity contribution in [3.63, 3.8) is 0 Å².